The van der Waals surface area contributed by atoms with E-state index in [1.165, 1.54) is 6.08 Å². The maximum absolute atomic E-state index is 12.4. The van der Waals surface area contributed by atoms with Crippen molar-refractivity contribution in [1.29, 1.82) is 0 Å². The van der Waals surface area contributed by atoms with Crippen LogP contribution < -0.4 is 20.3 Å². The number of hydrogen-bond donors (Lipinski definition) is 3. The molecule has 1 amide bonds. The molecule has 5 rings (SSSR count). The van der Waals surface area contributed by atoms with Gasteiger partial charge < -0.3 is 30.2 Å². The fraction of sp³-hybridized carbons (Fsp3) is 0.281. The van der Waals surface area contributed by atoms with Crippen LogP contribution in [-0.2, 0) is 4.79 Å². The molecule has 0 atom stereocenters. The summed E-state index contributed by atoms with van der Waals surface area (Å²) in [5.41, 5.74) is 7.10. The molecule has 0 aliphatic heterocycles. The number of thiophene rings is 1. The molecule has 2 aromatic carbocycles. The molecule has 0 saturated heterocycles. The van der Waals surface area contributed by atoms with E-state index in [2.05, 4.69) is 64.0 Å². The van der Waals surface area contributed by atoms with Crippen molar-refractivity contribution in [3.05, 3.63) is 66.2 Å². The van der Waals surface area contributed by atoms with E-state index >= 15 is 0 Å². The Morgan fingerprint density at radius 2 is 1.90 bits per heavy atom. The number of amides is 1. The molecule has 3 N–H and O–H groups in total. The van der Waals surface area contributed by atoms with E-state index in [0.29, 0.717) is 23.1 Å². The topological polar surface area (TPSA) is 98.4 Å². The van der Waals surface area contributed by atoms with E-state index in [1.807, 2.05) is 50.8 Å². The zero-order valence-electron chi connectivity index (χ0n) is 24.9. The summed E-state index contributed by atoms with van der Waals surface area (Å²) < 4.78 is 6.84. The predicted molar refractivity (Wildman–Crippen MR) is 176 cm³/mol. The van der Waals surface area contributed by atoms with Gasteiger partial charge in [0.15, 0.2) is 0 Å². The summed E-state index contributed by atoms with van der Waals surface area (Å²) in [5, 5.41) is 9.51. The fourth-order valence-corrected chi connectivity index (χ4v) is 5.79. The number of fused-ring (bicyclic) bond motifs is 2. The number of likely N-dealkylation sites (N-methyl/N-ethyl adjacent to an activating group) is 2. The molecular weight excluding hydrogens is 546 g/mol. The van der Waals surface area contributed by atoms with Crippen molar-refractivity contribution < 1.29 is 9.53 Å². The minimum Gasteiger partial charge on any atom is -0.494 e. The lowest BCUT2D eigenvalue weighted by molar-refractivity contribution is -0.111. The van der Waals surface area contributed by atoms with E-state index in [4.69, 9.17) is 14.7 Å². The lowest BCUT2D eigenvalue weighted by Crippen LogP contribution is -2.29. The molecule has 10 heteroatoms. The summed E-state index contributed by atoms with van der Waals surface area (Å²) in [7, 11) is 7.67. The maximum Gasteiger partial charge on any atom is 0.247 e. The van der Waals surface area contributed by atoms with Crippen LogP contribution in [0.4, 0.5) is 23.0 Å². The Balaban J connectivity index is 1.63. The largest absolute Gasteiger partial charge is 0.494 e. The highest BCUT2D eigenvalue weighted by molar-refractivity contribution is 7.17. The first-order valence-electron chi connectivity index (χ1n) is 13.8. The number of hydrogen-bond acceptors (Lipinski definition) is 8. The number of nitrogens with zero attached hydrogens (tertiary/aromatic N) is 4. The van der Waals surface area contributed by atoms with Crippen LogP contribution in [-0.4, -0.2) is 67.1 Å². The number of benzene rings is 2. The van der Waals surface area contributed by atoms with Gasteiger partial charge >= 0.3 is 0 Å². The standard InChI is InChI=1S/C32H37N7O2S/c1-8-27(40)33-23-17-24(26(41-7)18-25(23)39(6)15-14-38(4)5)36-32-35-22-13-16-42-31(22)30(37-32)28-20-11-9-10-12-21(20)34-29(28)19(2)3/h8-13,16-19,34H,1,14-15H2,2-7H3,(H,33,40)(H,35,36,37). The monoisotopic (exact) mass is 583 g/mol. The van der Waals surface area contributed by atoms with Crippen LogP contribution in [0.5, 0.6) is 5.75 Å². The van der Waals surface area contributed by atoms with Gasteiger partial charge in [-0.05, 0) is 49.7 Å². The number of methoxy groups -OCH3 is 1. The number of nitrogens with one attached hydrogen (secondary N) is 3. The normalized spacial score (nSPS) is 11.4. The highest BCUT2D eigenvalue weighted by Crippen LogP contribution is 2.42. The minimum atomic E-state index is -0.299. The summed E-state index contributed by atoms with van der Waals surface area (Å²) in [6.45, 7) is 9.58. The summed E-state index contributed by atoms with van der Waals surface area (Å²) in [5.74, 6) is 1.00. The zero-order chi connectivity index (χ0) is 30.0. The van der Waals surface area contributed by atoms with Crippen LogP contribution in [0.15, 0.2) is 60.5 Å². The molecule has 0 bridgehead atoms. The van der Waals surface area contributed by atoms with Crippen molar-refractivity contribution in [1.82, 2.24) is 19.9 Å². The van der Waals surface area contributed by atoms with Crippen molar-refractivity contribution in [2.45, 2.75) is 19.8 Å². The first-order chi connectivity index (χ1) is 20.2. The van der Waals surface area contributed by atoms with Crippen molar-refractivity contribution in [2.75, 3.05) is 56.9 Å². The van der Waals surface area contributed by atoms with Crippen LogP contribution in [0.2, 0.25) is 0 Å². The summed E-state index contributed by atoms with van der Waals surface area (Å²) in [4.78, 5) is 30.1. The molecule has 0 aliphatic rings. The van der Waals surface area contributed by atoms with Gasteiger partial charge in [0.1, 0.15) is 5.75 Å². The Hall–Kier alpha value is -4.41. The lowest BCUT2D eigenvalue weighted by atomic mass is 10.0. The van der Waals surface area contributed by atoms with Gasteiger partial charge in [0.05, 0.1) is 40.1 Å². The van der Waals surface area contributed by atoms with Gasteiger partial charge in [0.25, 0.3) is 0 Å². The van der Waals surface area contributed by atoms with Gasteiger partial charge in [-0.1, -0.05) is 38.6 Å². The second-order valence-electron chi connectivity index (χ2n) is 10.8. The smallest absolute Gasteiger partial charge is 0.247 e. The SMILES string of the molecule is C=CC(=O)Nc1cc(Nc2nc(-c3c(C(C)C)[nH]c4ccccc34)c3sccc3n2)c(OC)cc1N(C)CCN(C)C. The zero-order valence-corrected chi connectivity index (χ0v) is 25.7. The van der Waals surface area contributed by atoms with Gasteiger partial charge in [-0.25, -0.2) is 9.97 Å². The van der Waals surface area contributed by atoms with Gasteiger partial charge in [-0.2, -0.15) is 0 Å². The quantitative estimate of drug-likeness (QED) is 0.147. The lowest BCUT2D eigenvalue weighted by Gasteiger charge is -2.26. The Morgan fingerprint density at radius 1 is 1.12 bits per heavy atom. The highest BCUT2D eigenvalue weighted by Gasteiger charge is 2.22. The van der Waals surface area contributed by atoms with Gasteiger partial charge in [0.2, 0.25) is 11.9 Å². The van der Waals surface area contributed by atoms with Gasteiger partial charge in [-0.3, -0.25) is 4.79 Å². The van der Waals surface area contributed by atoms with Crippen LogP contribution in [0, 0.1) is 0 Å². The molecule has 0 aliphatic carbocycles. The summed E-state index contributed by atoms with van der Waals surface area (Å²) in [6, 6.07) is 14.1. The molecule has 0 unspecified atom stereocenters. The van der Waals surface area contributed by atoms with Crippen LogP contribution in [0.25, 0.3) is 32.4 Å². The Bertz CT molecular complexity index is 1760. The number of carbonyl (C=O) groups is 1. The second kappa shape index (κ2) is 12.2. The van der Waals surface area contributed by atoms with Crippen LogP contribution >= 0.6 is 11.3 Å². The Labute approximate surface area is 250 Å². The van der Waals surface area contributed by atoms with E-state index in [9.17, 15) is 4.79 Å². The number of aromatic amines is 1. The van der Waals surface area contributed by atoms with Crippen LogP contribution in [0.1, 0.15) is 25.5 Å². The van der Waals surface area contributed by atoms with Gasteiger partial charge in [-0.15, -0.1) is 11.3 Å². The summed E-state index contributed by atoms with van der Waals surface area (Å²) >= 11 is 1.63. The molecule has 0 radical (unpaired) electrons. The number of aromatic nitrogens is 3. The van der Waals surface area contributed by atoms with Crippen molar-refractivity contribution >= 4 is 61.4 Å². The minimum absolute atomic E-state index is 0.266. The third-order valence-electron chi connectivity index (χ3n) is 7.15. The third kappa shape index (κ3) is 5.81. The van der Waals surface area contributed by atoms with Crippen molar-refractivity contribution in [3.8, 4) is 17.0 Å². The van der Waals surface area contributed by atoms with E-state index in [0.717, 1.165) is 56.8 Å². The molecule has 0 saturated carbocycles. The number of carbonyl (C=O) groups excluding carboxylic acids is 1. The predicted octanol–water partition coefficient (Wildman–Crippen LogP) is 6.84. The second-order valence-corrected chi connectivity index (χ2v) is 11.7. The summed E-state index contributed by atoms with van der Waals surface area (Å²) in [6.07, 6.45) is 1.26. The molecule has 0 fully saturated rings. The average molecular weight is 584 g/mol. The first-order valence-corrected chi connectivity index (χ1v) is 14.7. The molecule has 5 aromatic rings. The molecule has 218 valence electrons. The number of para-hydroxylation sites is 1. The fourth-order valence-electron chi connectivity index (χ4n) is 4.97. The highest BCUT2D eigenvalue weighted by atomic mass is 32.1. The Morgan fingerprint density at radius 3 is 2.62 bits per heavy atom. The third-order valence-corrected chi connectivity index (χ3v) is 8.06. The van der Waals surface area contributed by atoms with Gasteiger partial charge in [0, 0.05) is 48.4 Å². The number of ether oxygens (including phenoxy) is 1. The molecule has 9 nitrogen and oxygen atoms in total. The van der Waals surface area contributed by atoms with E-state index < -0.39 is 0 Å². The molecule has 0 spiro atoms. The first kappa shape index (κ1) is 29.1. The van der Waals surface area contributed by atoms with E-state index in [-0.39, 0.29) is 11.8 Å². The molecule has 42 heavy (non-hydrogen) atoms. The van der Waals surface area contributed by atoms with Crippen molar-refractivity contribution in [3.63, 3.8) is 0 Å². The number of anilines is 4. The number of H-pyrrole nitrogens is 1. The van der Waals surface area contributed by atoms with E-state index in [1.54, 1.807) is 18.4 Å². The number of rotatable bonds is 11. The maximum atomic E-state index is 12.4. The Kier molecular flexibility index (Phi) is 8.46. The van der Waals surface area contributed by atoms with Crippen LogP contribution in [0.3, 0.4) is 0 Å². The molecular formula is C32H37N7O2S. The van der Waals surface area contributed by atoms with Crippen molar-refractivity contribution in [2.24, 2.45) is 0 Å². The molecule has 3 aromatic heterocycles. The molecule has 3 heterocycles. The average Bonchev–Trinajstić information content (AvgIpc) is 3.60.